The SMILES string of the molecule is Cn1cc(Br)cc(C(=O)NN)c1=O. The summed E-state index contributed by atoms with van der Waals surface area (Å²) < 4.78 is 1.95. The van der Waals surface area contributed by atoms with E-state index in [4.69, 9.17) is 5.84 Å². The molecule has 0 aliphatic heterocycles. The molecule has 0 aliphatic rings. The number of rotatable bonds is 1. The van der Waals surface area contributed by atoms with Crippen LogP contribution >= 0.6 is 15.9 Å². The van der Waals surface area contributed by atoms with Crippen molar-refractivity contribution in [3.8, 4) is 0 Å². The molecular weight excluding hydrogens is 238 g/mol. The molecule has 0 fully saturated rings. The van der Waals surface area contributed by atoms with Crippen LogP contribution in [0.15, 0.2) is 21.5 Å². The van der Waals surface area contributed by atoms with Gasteiger partial charge in [0.05, 0.1) is 0 Å². The summed E-state index contributed by atoms with van der Waals surface area (Å²) in [6.45, 7) is 0. The van der Waals surface area contributed by atoms with Gasteiger partial charge in [0.25, 0.3) is 11.5 Å². The molecule has 0 saturated carbocycles. The second-order valence-electron chi connectivity index (χ2n) is 2.46. The van der Waals surface area contributed by atoms with Crippen LogP contribution in [0.2, 0.25) is 0 Å². The van der Waals surface area contributed by atoms with Crippen molar-refractivity contribution in [2.45, 2.75) is 0 Å². The summed E-state index contributed by atoms with van der Waals surface area (Å²) in [5, 5.41) is 0. The molecule has 0 saturated heterocycles. The average Bonchev–Trinajstić information content (AvgIpc) is 2.10. The Bertz CT molecular complexity index is 399. The molecule has 0 unspecified atom stereocenters. The third-order valence-corrected chi connectivity index (χ3v) is 1.96. The Labute approximate surface area is 82.6 Å². The minimum Gasteiger partial charge on any atom is -0.317 e. The Morgan fingerprint density at radius 1 is 1.69 bits per heavy atom. The summed E-state index contributed by atoms with van der Waals surface area (Å²) in [4.78, 5) is 22.4. The van der Waals surface area contributed by atoms with Crippen molar-refractivity contribution in [2.24, 2.45) is 12.9 Å². The lowest BCUT2D eigenvalue weighted by atomic mass is 10.2. The van der Waals surface area contributed by atoms with E-state index in [1.165, 1.54) is 10.6 Å². The molecule has 3 N–H and O–H groups in total. The molecule has 70 valence electrons. The fraction of sp³-hybridized carbons (Fsp3) is 0.143. The van der Waals surface area contributed by atoms with E-state index in [0.29, 0.717) is 4.47 Å². The zero-order chi connectivity index (χ0) is 10.0. The van der Waals surface area contributed by atoms with Crippen LogP contribution in [0.1, 0.15) is 10.4 Å². The van der Waals surface area contributed by atoms with Crippen molar-refractivity contribution in [1.29, 1.82) is 0 Å². The zero-order valence-corrected chi connectivity index (χ0v) is 8.46. The highest BCUT2D eigenvalue weighted by atomic mass is 79.9. The monoisotopic (exact) mass is 245 g/mol. The standard InChI is InChI=1S/C7H8BrN3O2/c1-11-3-4(8)2-5(7(11)13)6(12)10-9/h2-3H,9H2,1H3,(H,10,12). The van der Waals surface area contributed by atoms with Gasteiger partial charge in [-0.2, -0.15) is 0 Å². The number of nitrogens with two attached hydrogens (primary N) is 1. The number of carbonyl (C=O) groups excluding carboxylic acids is 1. The maximum Gasteiger partial charge on any atom is 0.270 e. The van der Waals surface area contributed by atoms with Crippen LogP contribution in [0.25, 0.3) is 0 Å². The van der Waals surface area contributed by atoms with E-state index in [9.17, 15) is 9.59 Å². The Morgan fingerprint density at radius 2 is 2.31 bits per heavy atom. The van der Waals surface area contributed by atoms with Crippen LogP contribution in [0.3, 0.4) is 0 Å². The number of aryl methyl sites for hydroxylation is 1. The second kappa shape index (κ2) is 3.71. The summed E-state index contributed by atoms with van der Waals surface area (Å²) in [5.41, 5.74) is 1.53. The number of nitrogens with one attached hydrogen (secondary N) is 1. The van der Waals surface area contributed by atoms with Crippen LogP contribution in [0.4, 0.5) is 0 Å². The van der Waals surface area contributed by atoms with Gasteiger partial charge in [0.15, 0.2) is 0 Å². The molecule has 1 heterocycles. The molecule has 1 aromatic heterocycles. The number of nitrogen functional groups attached to an aromatic ring is 1. The molecule has 0 spiro atoms. The van der Waals surface area contributed by atoms with E-state index in [-0.39, 0.29) is 11.1 Å². The van der Waals surface area contributed by atoms with Crippen LogP contribution < -0.4 is 16.8 Å². The van der Waals surface area contributed by atoms with E-state index in [2.05, 4.69) is 15.9 Å². The Morgan fingerprint density at radius 3 is 2.85 bits per heavy atom. The number of hydrogen-bond donors (Lipinski definition) is 2. The first kappa shape index (κ1) is 9.94. The highest BCUT2D eigenvalue weighted by Crippen LogP contribution is 2.07. The molecule has 5 nitrogen and oxygen atoms in total. The fourth-order valence-electron chi connectivity index (χ4n) is 0.911. The molecule has 0 aliphatic carbocycles. The molecular formula is C7H8BrN3O2. The maximum absolute atomic E-state index is 11.3. The average molecular weight is 246 g/mol. The van der Waals surface area contributed by atoms with Crippen LogP contribution in [-0.4, -0.2) is 10.5 Å². The number of hydrogen-bond acceptors (Lipinski definition) is 3. The van der Waals surface area contributed by atoms with Crippen molar-refractivity contribution in [3.05, 3.63) is 32.7 Å². The van der Waals surface area contributed by atoms with E-state index >= 15 is 0 Å². The Balaban J connectivity index is 3.37. The van der Waals surface area contributed by atoms with Crippen molar-refractivity contribution >= 4 is 21.8 Å². The van der Waals surface area contributed by atoms with Gasteiger partial charge < -0.3 is 4.57 Å². The predicted molar refractivity (Wildman–Crippen MR) is 51.0 cm³/mol. The third kappa shape index (κ3) is 1.96. The minimum absolute atomic E-state index is 0.0133. The normalized spacial score (nSPS) is 9.77. The molecule has 0 bridgehead atoms. The molecule has 13 heavy (non-hydrogen) atoms. The third-order valence-electron chi connectivity index (χ3n) is 1.53. The lowest BCUT2D eigenvalue weighted by Gasteiger charge is -2.02. The van der Waals surface area contributed by atoms with Crippen molar-refractivity contribution in [2.75, 3.05) is 0 Å². The highest BCUT2D eigenvalue weighted by molar-refractivity contribution is 9.10. The molecule has 1 rings (SSSR count). The molecule has 0 radical (unpaired) electrons. The highest BCUT2D eigenvalue weighted by Gasteiger charge is 2.10. The largest absolute Gasteiger partial charge is 0.317 e. The van der Waals surface area contributed by atoms with Crippen LogP contribution in [-0.2, 0) is 7.05 Å². The van der Waals surface area contributed by atoms with Gasteiger partial charge in [-0.25, -0.2) is 5.84 Å². The maximum atomic E-state index is 11.3. The van der Waals surface area contributed by atoms with Crippen molar-refractivity contribution < 1.29 is 4.79 Å². The van der Waals surface area contributed by atoms with E-state index in [1.807, 2.05) is 5.43 Å². The topological polar surface area (TPSA) is 77.1 Å². The predicted octanol–water partition coefficient (Wildman–Crippen LogP) is -0.249. The van der Waals surface area contributed by atoms with Gasteiger partial charge in [0.2, 0.25) is 0 Å². The van der Waals surface area contributed by atoms with Gasteiger partial charge in [0.1, 0.15) is 5.56 Å². The Hall–Kier alpha value is -1.14. The van der Waals surface area contributed by atoms with Gasteiger partial charge in [0, 0.05) is 17.7 Å². The Kier molecular flexibility index (Phi) is 2.84. The molecule has 0 aromatic carbocycles. The lowest BCUT2D eigenvalue weighted by molar-refractivity contribution is 0.0951. The number of amides is 1. The minimum atomic E-state index is -0.595. The van der Waals surface area contributed by atoms with Gasteiger partial charge in [-0.05, 0) is 22.0 Å². The first-order valence-corrected chi connectivity index (χ1v) is 4.22. The second-order valence-corrected chi connectivity index (χ2v) is 3.38. The lowest BCUT2D eigenvalue weighted by Crippen LogP contribution is -2.35. The van der Waals surface area contributed by atoms with Gasteiger partial charge in [-0.3, -0.25) is 15.0 Å². The number of nitrogens with zero attached hydrogens (tertiary/aromatic N) is 1. The number of hydrazine groups is 1. The van der Waals surface area contributed by atoms with Gasteiger partial charge in [-0.1, -0.05) is 0 Å². The summed E-state index contributed by atoms with van der Waals surface area (Å²) in [7, 11) is 1.56. The quantitative estimate of drug-likeness (QED) is 0.407. The smallest absolute Gasteiger partial charge is 0.270 e. The van der Waals surface area contributed by atoms with Gasteiger partial charge in [-0.15, -0.1) is 0 Å². The molecule has 1 aromatic rings. The molecule has 0 atom stereocenters. The first-order chi connectivity index (χ1) is 6.06. The summed E-state index contributed by atoms with van der Waals surface area (Å²) in [6, 6.07) is 1.42. The summed E-state index contributed by atoms with van der Waals surface area (Å²) in [6.07, 6.45) is 1.57. The van der Waals surface area contributed by atoms with Gasteiger partial charge >= 0.3 is 0 Å². The molecule has 1 amide bonds. The molecule has 6 heteroatoms. The first-order valence-electron chi connectivity index (χ1n) is 3.43. The summed E-state index contributed by atoms with van der Waals surface area (Å²) in [5.74, 6) is 4.31. The zero-order valence-electron chi connectivity index (χ0n) is 6.87. The van der Waals surface area contributed by atoms with Crippen LogP contribution in [0.5, 0.6) is 0 Å². The number of carbonyl (C=O) groups is 1. The van der Waals surface area contributed by atoms with Crippen LogP contribution in [0, 0.1) is 0 Å². The van der Waals surface area contributed by atoms with E-state index in [1.54, 1.807) is 13.2 Å². The summed E-state index contributed by atoms with van der Waals surface area (Å²) >= 11 is 3.16. The van der Waals surface area contributed by atoms with E-state index in [0.717, 1.165) is 0 Å². The van der Waals surface area contributed by atoms with Crippen molar-refractivity contribution in [1.82, 2.24) is 9.99 Å². The van der Waals surface area contributed by atoms with Crippen molar-refractivity contribution in [3.63, 3.8) is 0 Å². The number of aromatic nitrogens is 1. The number of pyridine rings is 1. The fourth-order valence-corrected chi connectivity index (χ4v) is 1.45. The van der Waals surface area contributed by atoms with E-state index < -0.39 is 5.91 Å². The number of halogens is 1.